The Hall–Kier alpha value is -3.65. The SMILES string of the molecule is CCCCCCC(NC(=O)Cc1c(C)n(C(=O)c2ccc(Cl)cc2)c2ccc(OC(C)=O)cc12)C(=O)N(C)CCCC. The number of likely N-dealkylation sites (N-methyl/N-ethyl adjacent to an activating group) is 1. The number of fused-ring (bicyclic) bond motifs is 1. The quantitative estimate of drug-likeness (QED) is 0.131. The zero-order valence-electron chi connectivity index (χ0n) is 25.3. The highest BCUT2D eigenvalue weighted by atomic mass is 35.5. The Morgan fingerprint density at radius 3 is 2.31 bits per heavy atom. The second kappa shape index (κ2) is 15.5. The average molecular weight is 596 g/mol. The van der Waals surface area contributed by atoms with Gasteiger partial charge in [0.2, 0.25) is 11.8 Å². The molecular formula is C33H42ClN3O5. The largest absolute Gasteiger partial charge is 0.427 e. The lowest BCUT2D eigenvalue weighted by atomic mass is 10.0. The van der Waals surface area contributed by atoms with Crippen molar-refractivity contribution in [2.24, 2.45) is 0 Å². The van der Waals surface area contributed by atoms with Crippen LogP contribution in [0.5, 0.6) is 5.75 Å². The molecule has 0 aliphatic rings. The van der Waals surface area contributed by atoms with Crippen molar-refractivity contribution in [1.29, 1.82) is 0 Å². The summed E-state index contributed by atoms with van der Waals surface area (Å²) in [6, 6.07) is 11.0. The molecule has 0 aliphatic carbocycles. The molecule has 1 unspecified atom stereocenters. The minimum atomic E-state index is -0.628. The molecule has 0 saturated carbocycles. The molecule has 0 fully saturated rings. The van der Waals surface area contributed by atoms with Crippen molar-refractivity contribution in [2.75, 3.05) is 13.6 Å². The molecule has 226 valence electrons. The number of amides is 2. The first kappa shape index (κ1) is 32.9. The van der Waals surface area contributed by atoms with Gasteiger partial charge in [0, 0.05) is 42.2 Å². The van der Waals surface area contributed by atoms with Crippen LogP contribution in [0.2, 0.25) is 5.02 Å². The first-order valence-corrected chi connectivity index (χ1v) is 15.1. The van der Waals surface area contributed by atoms with E-state index in [0.717, 1.165) is 38.5 Å². The zero-order chi connectivity index (χ0) is 30.8. The molecule has 0 bridgehead atoms. The van der Waals surface area contributed by atoms with Gasteiger partial charge >= 0.3 is 5.97 Å². The molecule has 0 radical (unpaired) electrons. The van der Waals surface area contributed by atoms with Crippen molar-refractivity contribution in [1.82, 2.24) is 14.8 Å². The average Bonchev–Trinajstić information content (AvgIpc) is 3.22. The fourth-order valence-corrected chi connectivity index (χ4v) is 5.23. The summed E-state index contributed by atoms with van der Waals surface area (Å²) in [7, 11) is 1.78. The molecule has 1 atom stereocenters. The van der Waals surface area contributed by atoms with Gasteiger partial charge in [0.15, 0.2) is 0 Å². The van der Waals surface area contributed by atoms with Gasteiger partial charge in [-0.1, -0.05) is 57.6 Å². The molecule has 9 heteroatoms. The number of rotatable bonds is 14. The number of esters is 1. The van der Waals surface area contributed by atoms with Gasteiger partial charge in [-0.3, -0.25) is 23.7 Å². The maximum atomic E-state index is 13.6. The molecule has 2 amide bonds. The Morgan fingerprint density at radius 2 is 1.67 bits per heavy atom. The molecule has 2 aromatic carbocycles. The third-order valence-electron chi connectivity index (χ3n) is 7.40. The van der Waals surface area contributed by atoms with E-state index < -0.39 is 12.0 Å². The molecule has 42 heavy (non-hydrogen) atoms. The molecule has 1 aromatic heterocycles. The highest BCUT2D eigenvalue weighted by molar-refractivity contribution is 6.30. The number of aromatic nitrogens is 1. The summed E-state index contributed by atoms with van der Waals surface area (Å²) >= 11 is 6.03. The standard InChI is InChI=1S/C33H42ClN3O5/c1-6-8-10-11-12-29(33(41)36(5)19-9-7-2)35-31(39)21-27-22(3)37(32(40)24-13-15-25(34)16-14-24)30-18-17-26(20-28(27)30)42-23(4)38/h13-18,20,29H,6-12,19,21H2,1-5H3,(H,35,39). The van der Waals surface area contributed by atoms with Crippen LogP contribution in [-0.4, -0.2) is 52.8 Å². The molecule has 0 spiro atoms. The van der Waals surface area contributed by atoms with Gasteiger partial charge in [0.05, 0.1) is 11.9 Å². The summed E-state index contributed by atoms with van der Waals surface area (Å²) in [5, 5.41) is 4.13. The minimum Gasteiger partial charge on any atom is -0.427 e. The Labute approximate surface area is 253 Å². The molecule has 1 heterocycles. The number of hydrogen-bond acceptors (Lipinski definition) is 5. The van der Waals surface area contributed by atoms with Crippen LogP contribution in [0.25, 0.3) is 10.9 Å². The monoisotopic (exact) mass is 595 g/mol. The third kappa shape index (κ3) is 8.44. The first-order chi connectivity index (χ1) is 20.1. The summed E-state index contributed by atoms with van der Waals surface area (Å²) in [5.41, 5.74) is 2.23. The van der Waals surface area contributed by atoms with Crippen molar-refractivity contribution < 1.29 is 23.9 Å². The highest BCUT2D eigenvalue weighted by Crippen LogP contribution is 2.31. The Balaban J connectivity index is 1.96. The van der Waals surface area contributed by atoms with Gasteiger partial charge in [-0.2, -0.15) is 0 Å². The van der Waals surface area contributed by atoms with E-state index in [1.54, 1.807) is 65.9 Å². The fourth-order valence-electron chi connectivity index (χ4n) is 5.11. The minimum absolute atomic E-state index is 0.0514. The fraction of sp³-hybridized carbons (Fsp3) is 0.455. The zero-order valence-corrected chi connectivity index (χ0v) is 26.1. The van der Waals surface area contributed by atoms with Gasteiger partial charge in [-0.25, -0.2) is 0 Å². The van der Waals surface area contributed by atoms with Crippen LogP contribution in [0.3, 0.4) is 0 Å². The summed E-state index contributed by atoms with van der Waals surface area (Å²) in [6.07, 6.45) is 6.36. The smallest absolute Gasteiger partial charge is 0.308 e. The number of carbonyl (C=O) groups excluding carboxylic acids is 4. The van der Waals surface area contributed by atoms with E-state index in [1.807, 2.05) is 0 Å². The predicted molar refractivity (Wildman–Crippen MR) is 166 cm³/mol. The summed E-state index contributed by atoms with van der Waals surface area (Å²) < 4.78 is 6.87. The summed E-state index contributed by atoms with van der Waals surface area (Å²) in [6.45, 7) is 7.94. The lowest BCUT2D eigenvalue weighted by molar-refractivity contribution is -0.135. The van der Waals surface area contributed by atoms with E-state index in [2.05, 4.69) is 19.2 Å². The number of hydrogen-bond donors (Lipinski definition) is 1. The predicted octanol–water partition coefficient (Wildman–Crippen LogP) is 6.47. The number of halogens is 1. The second-order valence-electron chi connectivity index (χ2n) is 10.7. The van der Waals surface area contributed by atoms with Crippen LogP contribution in [-0.2, 0) is 20.8 Å². The van der Waals surface area contributed by atoms with Crippen LogP contribution < -0.4 is 10.1 Å². The molecule has 8 nitrogen and oxygen atoms in total. The van der Waals surface area contributed by atoms with Crippen LogP contribution >= 0.6 is 11.6 Å². The molecular weight excluding hydrogens is 554 g/mol. The number of ether oxygens (including phenoxy) is 1. The van der Waals surface area contributed by atoms with E-state index in [4.69, 9.17) is 16.3 Å². The van der Waals surface area contributed by atoms with Gasteiger partial charge in [-0.15, -0.1) is 0 Å². The van der Waals surface area contributed by atoms with Crippen molar-refractivity contribution in [3.8, 4) is 5.75 Å². The van der Waals surface area contributed by atoms with Crippen molar-refractivity contribution >= 4 is 46.2 Å². The lowest BCUT2D eigenvalue weighted by Gasteiger charge is -2.25. The van der Waals surface area contributed by atoms with Gasteiger partial charge in [0.1, 0.15) is 11.8 Å². The van der Waals surface area contributed by atoms with E-state index in [9.17, 15) is 19.2 Å². The number of nitrogens with one attached hydrogen (secondary N) is 1. The highest BCUT2D eigenvalue weighted by Gasteiger charge is 2.26. The molecule has 0 saturated heterocycles. The van der Waals surface area contributed by atoms with E-state index in [1.165, 1.54) is 6.92 Å². The molecule has 0 aliphatic heterocycles. The second-order valence-corrected chi connectivity index (χ2v) is 11.2. The van der Waals surface area contributed by atoms with Crippen molar-refractivity contribution in [3.05, 3.63) is 64.3 Å². The number of unbranched alkanes of at least 4 members (excludes halogenated alkanes) is 4. The summed E-state index contributed by atoms with van der Waals surface area (Å²) in [4.78, 5) is 53.8. The number of benzene rings is 2. The first-order valence-electron chi connectivity index (χ1n) is 14.7. The topological polar surface area (TPSA) is 97.7 Å². The lowest BCUT2D eigenvalue weighted by Crippen LogP contribution is -2.48. The Kier molecular flexibility index (Phi) is 12.2. The number of carbonyl (C=O) groups is 4. The summed E-state index contributed by atoms with van der Waals surface area (Å²) in [5.74, 6) is -0.843. The third-order valence-corrected chi connectivity index (χ3v) is 7.65. The van der Waals surface area contributed by atoms with Crippen LogP contribution in [0.4, 0.5) is 0 Å². The van der Waals surface area contributed by atoms with E-state index in [-0.39, 0.29) is 24.1 Å². The maximum Gasteiger partial charge on any atom is 0.308 e. The van der Waals surface area contributed by atoms with E-state index in [0.29, 0.717) is 51.5 Å². The Bertz CT molecular complexity index is 1410. The maximum absolute atomic E-state index is 13.6. The molecule has 1 N–H and O–H groups in total. The number of nitrogens with zero attached hydrogens (tertiary/aromatic N) is 2. The molecule has 3 aromatic rings. The van der Waals surface area contributed by atoms with Crippen molar-refractivity contribution in [3.63, 3.8) is 0 Å². The van der Waals surface area contributed by atoms with Crippen LogP contribution in [0.15, 0.2) is 42.5 Å². The van der Waals surface area contributed by atoms with Gasteiger partial charge in [-0.05, 0) is 67.8 Å². The molecule has 3 rings (SSSR count). The van der Waals surface area contributed by atoms with Crippen molar-refractivity contribution in [2.45, 2.75) is 85.1 Å². The Morgan fingerprint density at radius 1 is 0.976 bits per heavy atom. The van der Waals surface area contributed by atoms with E-state index >= 15 is 0 Å². The van der Waals surface area contributed by atoms with Crippen LogP contribution in [0, 0.1) is 6.92 Å². The van der Waals surface area contributed by atoms with Gasteiger partial charge in [0.25, 0.3) is 5.91 Å². The normalized spacial score (nSPS) is 11.8. The van der Waals surface area contributed by atoms with Gasteiger partial charge < -0.3 is 15.0 Å². The van der Waals surface area contributed by atoms with Crippen LogP contribution in [0.1, 0.15) is 87.3 Å².